The molecule has 0 spiro atoms. The van der Waals surface area contributed by atoms with E-state index in [0.717, 1.165) is 18.1 Å². The summed E-state index contributed by atoms with van der Waals surface area (Å²) in [6.45, 7) is 5.89. The van der Waals surface area contributed by atoms with Gasteiger partial charge in [-0.05, 0) is 23.6 Å². The molecule has 1 aliphatic rings. The number of carbonyl (C=O) groups is 1. The smallest absolute Gasteiger partial charge is 0.224 e. The summed E-state index contributed by atoms with van der Waals surface area (Å²) in [5.41, 5.74) is 0.629. The maximum absolute atomic E-state index is 13.0. The van der Waals surface area contributed by atoms with Gasteiger partial charge in [-0.2, -0.15) is 11.8 Å². The molecule has 1 aromatic carbocycles. The lowest BCUT2D eigenvalue weighted by Gasteiger charge is -2.30. The molecule has 1 aromatic rings. The Morgan fingerprint density at radius 2 is 2.04 bits per heavy atom. The fraction of sp³-hybridized carbons (Fsp3) is 0.611. The number of hydrogen-bond donors (Lipinski definition) is 2. The molecular weight excluding hydrogens is 363 g/mol. The van der Waals surface area contributed by atoms with E-state index in [1.54, 1.807) is 17.0 Å². The summed E-state index contributed by atoms with van der Waals surface area (Å²) in [4.78, 5) is 14.4. The minimum Gasteiger partial charge on any atom is -0.387 e. The van der Waals surface area contributed by atoms with Crippen LogP contribution in [0.4, 0.5) is 4.39 Å². The first-order chi connectivity index (χ1) is 11.5. The molecule has 1 amide bonds. The minimum absolute atomic E-state index is 0. The minimum atomic E-state index is -0.804. The van der Waals surface area contributed by atoms with Crippen molar-refractivity contribution in [2.75, 3.05) is 31.1 Å². The maximum atomic E-state index is 13.0. The first-order valence-corrected chi connectivity index (χ1v) is 9.63. The average Bonchev–Trinajstić information content (AvgIpc) is 2.55. The van der Waals surface area contributed by atoms with Crippen LogP contribution in [0.3, 0.4) is 0 Å². The van der Waals surface area contributed by atoms with Crippen molar-refractivity contribution in [1.82, 2.24) is 10.2 Å². The van der Waals surface area contributed by atoms with Crippen molar-refractivity contribution in [2.24, 2.45) is 5.92 Å². The van der Waals surface area contributed by atoms with Crippen LogP contribution in [0.25, 0.3) is 0 Å². The number of carbonyl (C=O) groups excluding carboxylic acids is 1. The van der Waals surface area contributed by atoms with Crippen molar-refractivity contribution in [2.45, 2.75) is 32.4 Å². The zero-order valence-corrected chi connectivity index (χ0v) is 16.4. The third-order valence-electron chi connectivity index (χ3n) is 4.01. The summed E-state index contributed by atoms with van der Waals surface area (Å²) in [6.07, 6.45) is -0.349. The topological polar surface area (TPSA) is 52.6 Å². The van der Waals surface area contributed by atoms with Crippen molar-refractivity contribution >= 4 is 30.1 Å². The van der Waals surface area contributed by atoms with Crippen molar-refractivity contribution in [1.29, 1.82) is 0 Å². The molecule has 25 heavy (non-hydrogen) atoms. The quantitative estimate of drug-likeness (QED) is 0.751. The lowest BCUT2D eigenvalue weighted by Crippen LogP contribution is -2.44. The highest BCUT2D eigenvalue weighted by atomic mass is 35.5. The number of amides is 1. The normalized spacial score (nSPS) is 18.5. The molecule has 0 radical (unpaired) electrons. The summed E-state index contributed by atoms with van der Waals surface area (Å²) in [5, 5.41) is 13.8. The number of hydrogen-bond acceptors (Lipinski definition) is 4. The van der Waals surface area contributed by atoms with Crippen LogP contribution in [0.5, 0.6) is 0 Å². The van der Waals surface area contributed by atoms with E-state index in [4.69, 9.17) is 0 Å². The number of nitrogens with zero attached hydrogens (tertiary/aromatic N) is 1. The Labute approximate surface area is 160 Å². The molecule has 2 unspecified atom stereocenters. The predicted octanol–water partition coefficient (Wildman–Crippen LogP) is 2.86. The summed E-state index contributed by atoms with van der Waals surface area (Å²) >= 11 is 1.86. The number of benzene rings is 1. The fourth-order valence-electron chi connectivity index (χ4n) is 2.81. The monoisotopic (exact) mass is 390 g/mol. The first-order valence-electron chi connectivity index (χ1n) is 8.48. The van der Waals surface area contributed by atoms with Gasteiger partial charge in [-0.25, -0.2) is 4.39 Å². The van der Waals surface area contributed by atoms with Crippen molar-refractivity contribution in [3.8, 4) is 0 Å². The van der Waals surface area contributed by atoms with Gasteiger partial charge in [-0.15, -0.1) is 12.4 Å². The molecule has 2 atom stereocenters. The summed E-state index contributed by atoms with van der Waals surface area (Å²) in [6, 6.07) is 6.00. The van der Waals surface area contributed by atoms with Crippen LogP contribution in [0.1, 0.15) is 31.9 Å². The summed E-state index contributed by atoms with van der Waals surface area (Å²) in [7, 11) is 0. The third kappa shape index (κ3) is 7.52. The summed E-state index contributed by atoms with van der Waals surface area (Å²) < 4.78 is 13.0. The van der Waals surface area contributed by atoms with Crippen LogP contribution < -0.4 is 5.32 Å². The molecule has 4 nitrogen and oxygen atoms in total. The number of rotatable bonds is 7. The Morgan fingerprint density at radius 1 is 1.36 bits per heavy atom. The van der Waals surface area contributed by atoms with Gasteiger partial charge >= 0.3 is 0 Å². The first kappa shape index (κ1) is 22.2. The second-order valence-corrected chi connectivity index (χ2v) is 7.84. The summed E-state index contributed by atoms with van der Waals surface area (Å²) in [5.74, 6) is 2.08. The SMILES string of the molecule is CC(C)CN(CC(O)c1ccc(F)cc1)C(=O)CC1CSCCN1.Cl. The number of aliphatic hydroxyl groups excluding tert-OH is 1. The van der Waals surface area contributed by atoms with Crippen LogP contribution in [-0.4, -0.2) is 53.1 Å². The third-order valence-corrected chi connectivity index (χ3v) is 5.14. The van der Waals surface area contributed by atoms with E-state index >= 15 is 0 Å². The fourth-order valence-corrected chi connectivity index (χ4v) is 3.76. The average molecular weight is 391 g/mol. The molecule has 0 bridgehead atoms. The van der Waals surface area contributed by atoms with E-state index < -0.39 is 6.10 Å². The van der Waals surface area contributed by atoms with Gasteiger partial charge in [-0.1, -0.05) is 26.0 Å². The molecule has 2 rings (SSSR count). The van der Waals surface area contributed by atoms with E-state index in [-0.39, 0.29) is 36.7 Å². The van der Waals surface area contributed by atoms with Gasteiger partial charge in [0.1, 0.15) is 5.82 Å². The van der Waals surface area contributed by atoms with E-state index in [1.807, 2.05) is 11.8 Å². The highest BCUT2D eigenvalue weighted by Gasteiger charge is 2.23. The van der Waals surface area contributed by atoms with Crippen LogP contribution in [0.15, 0.2) is 24.3 Å². The highest BCUT2D eigenvalue weighted by molar-refractivity contribution is 7.99. The Kier molecular flexibility index (Phi) is 9.79. The maximum Gasteiger partial charge on any atom is 0.224 e. The molecular formula is C18H28ClFN2O2S. The van der Waals surface area contributed by atoms with Crippen LogP contribution in [-0.2, 0) is 4.79 Å². The molecule has 1 heterocycles. The molecule has 0 saturated carbocycles. The molecule has 0 aromatic heterocycles. The molecule has 1 fully saturated rings. The zero-order chi connectivity index (χ0) is 17.5. The van der Waals surface area contributed by atoms with Gasteiger partial charge in [0.05, 0.1) is 12.6 Å². The highest BCUT2D eigenvalue weighted by Crippen LogP contribution is 2.18. The Morgan fingerprint density at radius 3 is 2.60 bits per heavy atom. The Balaban J connectivity index is 0.00000312. The zero-order valence-electron chi connectivity index (χ0n) is 14.8. The van der Waals surface area contributed by atoms with Crippen molar-refractivity contribution in [3.05, 3.63) is 35.6 Å². The molecule has 1 aliphatic heterocycles. The van der Waals surface area contributed by atoms with E-state index in [9.17, 15) is 14.3 Å². The van der Waals surface area contributed by atoms with Gasteiger partial charge in [0.2, 0.25) is 5.91 Å². The Hall–Kier alpha value is -0.820. The molecule has 2 N–H and O–H groups in total. The van der Waals surface area contributed by atoms with Gasteiger partial charge in [0.15, 0.2) is 0 Å². The van der Waals surface area contributed by atoms with Gasteiger partial charge in [0, 0.05) is 37.1 Å². The van der Waals surface area contributed by atoms with Gasteiger partial charge < -0.3 is 15.3 Å². The number of halogens is 2. The standard InChI is InChI=1S/C18H27FN2O2S.ClH/c1-13(2)10-21(18(23)9-16-12-24-8-7-20-16)11-17(22)14-3-5-15(19)6-4-14;/h3-6,13,16-17,20,22H,7-12H2,1-2H3;1H. The van der Waals surface area contributed by atoms with Gasteiger partial charge in [0.25, 0.3) is 0 Å². The van der Waals surface area contributed by atoms with Crippen LogP contribution in [0, 0.1) is 11.7 Å². The molecule has 1 saturated heterocycles. The van der Waals surface area contributed by atoms with Crippen molar-refractivity contribution < 1.29 is 14.3 Å². The lowest BCUT2D eigenvalue weighted by molar-refractivity contribution is -0.133. The largest absolute Gasteiger partial charge is 0.387 e. The lowest BCUT2D eigenvalue weighted by atomic mass is 10.1. The van der Waals surface area contributed by atoms with Crippen molar-refractivity contribution in [3.63, 3.8) is 0 Å². The second-order valence-electron chi connectivity index (χ2n) is 6.69. The Bertz CT molecular complexity index is 524. The van der Waals surface area contributed by atoms with E-state index in [0.29, 0.717) is 24.4 Å². The van der Waals surface area contributed by atoms with E-state index in [2.05, 4.69) is 19.2 Å². The number of nitrogens with one attached hydrogen (secondary N) is 1. The van der Waals surface area contributed by atoms with Crippen LogP contribution >= 0.6 is 24.2 Å². The molecule has 7 heteroatoms. The van der Waals surface area contributed by atoms with Crippen LogP contribution in [0.2, 0.25) is 0 Å². The second kappa shape index (κ2) is 11.0. The number of aliphatic hydroxyl groups is 1. The number of thioether (sulfide) groups is 1. The molecule has 142 valence electrons. The molecule has 0 aliphatic carbocycles. The predicted molar refractivity (Wildman–Crippen MR) is 104 cm³/mol. The van der Waals surface area contributed by atoms with E-state index in [1.165, 1.54) is 12.1 Å². The van der Waals surface area contributed by atoms with Gasteiger partial charge in [-0.3, -0.25) is 4.79 Å².